The Morgan fingerprint density at radius 2 is 1.81 bits per heavy atom. The van der Waals surface area contributed by atoms with E-state index < -0.39 is 17.7 Å². The Labute approximate surface area is 169 Å². The van der Waals surface area contributed by atoms with Gasteiger partial charge in [-0.2, -0.15) is 0 Å². The molecule has 0 saturated carbocycles. The van der Waals surface area contributed by atoms with Gasteiger partial charge in [0.2, 0.25) is 0 Å². The van der Waals surface area contributed by atoms with Gasteiger partial charge in [-0.1, -0.05) is 12.1 Å². The first-order valence-electron chi connectivity index (χ1n) is 8.20. The van der Waals surface area contributed by atoms with Gasteiger partial charge in [0.15, 0.2) is 0 Å². The number of carbonyl (C=O) groups is 2. The van der Waals surface area contributed by atoms with E-state index in [9.17, 15) is 14.7 Å². The van der Waals surface area contributed by atoms with Crippen molar-refractivity contribution in [1.82, 2.24) is 4.57 Å². The van der Waals surface area contributed by atoms with Gasteiger partial charge < -0.3 is 19.1 Å². The summed E-state index contributed by atoms with van der Waals surface area (Å²) in [5, 5.41) is 10.4. The zero-order valence-electron chi connectivity index (χ0n) is 15.0. The molecule has 1 heterocycles. The predicted octanol–water partition coefficient (Wildman–Crippen LogP) is 5.25. The van der Waals surface area contributed by atoms with Crippen molar-refractivity contribution < 1.29 is 24.2 Å². The zero-order chi connectivity index (χ0) is 19.8. The number of halogens is 1. The number of aromatic nitrogens is 1. The Hall–Kier alpha value is -2.55. The first-order chi connectivity index (χ1) is 12.7. The summed E-state index contributed by atoms with van der Waals surface area (Å²) in [4.78, 5) is 23.5. The van der Waals surface area contributed by atoms with Gasteiger partial charge >= 0.3 is 12.1 Å². The number of nitrogens with zero attached hydrogens (tertiary/aromatic N) is 1. The number of benzene rings is 2. The summed E-state index contributed by atoms with van der Waals surface area (Å²) in [6, 6.07) is 12.0. The minimum Gasteiger partial charge on any atom is -0.478 e. The van der Waals surface area contributed by atoms with Crippen molar-refractivity contribution in [2.24, 2.45) is 0 Å². The van der Waals surface area contributed by atoms with Crippen LogP contribution in [0.3, 0.4) is 0 Å². The number of carboxylic acids is 1. The third kappa shape index (κ3) is 4.24. The SMILES string of the molecule is CC(C)(C)OC(=O)Oc1ccc2c(I)cn(-c3ccccc3C(=O)O)c2c1. The Bertz CT molecular complexity index is 1030. The molecule has 0 saturated heterocycles. The van der Waals surface area contributed by atoms with Gasteiger partial charge in [-0.05, 0) is 67.6 Å². The van der Waals surface area contributed by atoms with Crippen molar-refractivity contribution in [3.05, 3.63) is 57.8 Å². The van der Waals surface area contributed by atoms with Crippen molar-refractivity contribution in [3.63, 3.8) is 0 Å². The van der Waals surface area contributed by atoms with Crippen LogP contribution in [0.15, 0.2) is 48.7 Å². The number of ether oxygens (including phenoxy) is 2. The molecule has 0 bridgehead atoms. The minimum atomic E-state index is -1.01. The largest absolute Gasteiger partial charge is 0.514 e. The van der Waals surface area contributed by atoms with Crippen molar-refractivity contribution in [2.75, 3.05) is 0 Å². The highest BCUT2D eigenvalue weighted by Gasteiger charge is 2.19. The predicted molar refractivity (Wildman–Crippen MR) is 110 cm³/mol. The molecule has 0 aliphatic rings. The Morgan fingerprint density at radius 1 is 1.11 bits per heavy atom. The van der Waals surface area contributed by atoms with Crippen LogP contribution in [0.2, 0.25) is 0 Å². The Morgan fingerprint density at radius 3 is 2.48 bits per heavy atom. The maximum atomic E-state index is 11.9. The van der Waals surface area contributed by atoms with E-state index in [2.05, 4.69) is 22.6 Å². The quantitative estimate of drug-likeness (QED) is 0.316. The standard InChI is InChI=1S/C20H18INO5/c1-20(2,3)27-19(25)26-12-8-9-13-15(21)11-22(17(13)10-12)16-7-5-4-6-14(16)18(23)24/h4-11H,1-3H3,(H,23,24). The van der Waals surface area contributed by atoms with Crippen molar-refractivity contribution >= 4 is 45.6 Å². The number of carboxylic acid groups (broad SMARTS) is 1. The average Bonchev–Trinajstić information content (AvgIpc) is 2.89. The van der Waals surface area contributed by atoms with Crippen LogP contribution in [0.1, 0.15) is 31.1 Å². The normalized spacial score (nSPS) is 11.4. The molecule has 0 spiro atoms. The average molecular weight is 479 g/mol. The number of fused-ring (bicyclic) bond motifs is 1. The molecule has 140 valence electrons. The van der Waals surface area contributed by atoms with Crippen LogP contribution < -0.4 is 4.74 Å². The highest BCUT2D eigenvalue weighted by Crippen LogP contribution is 2.31. The van der Waals surface area contributed by atoms with Gasteiger partial charge in [-0.3, -0.25) is 0 Å². The van der Waals surface area contributed by atoms with Gasteiger partial charge in [-0.25, -0.2) is 9.59 Å². The zero-order valence-corrected chi connectivity index (χ0v) is 17.2. The van der Waals surface area contributed by atoms with Crippen molar-refractivity contribution in [2.45, 2.75) is 26.4 Å². The molecule has 0 fully saturated rings. The number of carbonyl (C=O) groups excluding carboxylic acids is 1. The second-order valence-corrected chi connectivity index (χ2v) is 8.08. The lowest BCUT2D eigenvalue weighted by atomic mass is 10.1. The van der Waals surface area contributed by atoms with Crippen LogP contribution in [0.25, 0.3) is 16.6 Å². The molecule has 6 nitrogen and oxygen atoms in total. The van der Waals surface area contributed by atoms with Gasteiger partial charge in [0.25, 0.3) is 0 Å². The molecule has 0 amide bonds. The van der Waals surface area contributed by atoms with Crippen molar-refractivity contribution in [3.8, 4) is 11.4 Å². The van der Waals surface area contributed by atoms with E-state index in [1.807, 2.05) is 12.3 Å². The third-order valence-electron chi connectivity index (χ3n) is 3.71. The van der Waals surface area contributed by atoms with E-state index in [1.165, 1.54) is 0 Å². The summed E-state index contributed by atoms with van der Waals surface area (Å²) < 4.78 is 13.2. The maximum absolute atomic E-state index is 11.9. The molecular weight excluding hydrogens is 461 g/mol. The van der Waals surface area contributed by atoms with E-state index in [4.69, 9.17) is 9.47 Å². The van der Waals surface area contributed by atoms with Crippen LogP contribution in [0.4, 0.5) is 4.79 Å². The summed E-state index contributed by atoms with van der Waals surface area (Å²) in [7, 11) is 0. The topological polar surface area (TPSA) is 77.8 Å². The third-order valence-corrected chi connectivity index (χ3v) is 4.57. The second-order valence-electron chi connectivity index (χ2n) is 6.91. The van der Waals surface area contributed by atoms with Gasteiger partial charge in [0.05, 0.1) is 16.8 Å². The number of aromatic carboxylic acids is 1. The molecule has 3 rings (SSSR count). The first kappa shape index (κ1) is 19.2. The molecule has 7 heteroatoms. The van der Waals surface area contributed by atoms with Crippen molar-refractivity contribution in [1.29, 1.82) is 0 Å². The summed E-state index contributed by atoms with van der Waals surface area (Å²) in [6.07, 6.45) is 1.06. The lowest BCUT2D eigenvalue weighted by Crippen LogP contribution is -2.25. The van der Waals surface area contributed by atoms with E-state index in [-0.39, 0.29) is 5.56 Å². The molecule has 27 heavy (non-hydrogen) atoms. The fourth-order valence-electron chi connectivity index (χ4n) is 2.66. The molecule has 0 unspecified atom stereocenters. The summed E-state index contributed by atoms with van der Waals surface area (Å²) in [6.45, 7) is 5.27. The highest BCUT2D eigenvalue weighted by atomic mass is 127. The molecule has 2 aromatic carbocycles. The molecule has 3 aromatic rings. The Kier molecular flexibility index (Phi) is 5.14. The number of para-hydroxylation sites is 1. The lowest BCUT2D eigenvalue weighted by molar-refractivity contribution is 0.0206. The molecule has 0 aliphatic carbocycles. The molecule has 0 atom stereocenters. The van der Waals surface area contributed by atoms with E-state index >= 15 is 0 Å². The minimum absolute atomic E-state index is 0.185. The van der Waals surface area contributed by atoms with E-state index in [0.717, 1.165) is 14.5 Å². The van der Waals surface area contributed by atoms with Crippen LogP contribution in [0, 0.1) is 3.57 Å². The molecule has 0 radical (unpaired) electrons. The van der Waals surface area contributed by atoms with E-state index in [0.29, 0.717) is 11.4 Å². The number of rotatable bonds is 3. The Balaban J connectivity index is 2.06. The fraction of sp³-hybridized carbons (Fsp3) is 0.200. The maximum Gasteiger partial charge on any atom is 0.514 e. The number of hydrogen-bond acceptors (Lipinski definition) is 4. The van der Waals surface area contributed by atoms with E-state index in [1.54, 1.807) is 61.7 Å². The van der Waals surface area contributed by atoms with Gasteiger partial charge in [0, 0.05) is 21.2 Å². The van der Waals surface area contributed by atoms with Gasteiger partial charge in [-0.15, -0.1) is 0 Å². The smallest absolute Gasteiger partial charge is 0.478 e. The van der Waals surface area contributed by atoms with Crippen LogP contribution in [-0.2, 0) is 4.74 Å². The highest BCUT2D eigenvalue weighted by molar-refractivity contribution is 14.1. The first-order valence-corrected chi connectivity index (χ1v) is 9.28. The fourth-order valence-corrected chi connectivity index (χ4v) is 3.39. The summed E-state index contributed by atoms with van der Waals surface area (Å²) in [5.74, 6) is -0.691. The summed E-state index contributed by atoms with van der Waals surface area (Å²) in [5.41, 5.74) is 0.794. The lowest BCUT2D eigenvalue weighted by Gasteiger charge is -2.18. The molecule has 0 aliphatic heterocycles. The van der Waals surface area contributed by atoms with Crippen LogP contribution in [0.5, 0.6) is 5.75 Å². The van der Waals surface area contributed by atoms with Crippen LogP contribution in [-0.4, -0.2) is 27.4 Å². The van der Waals surface area contributed by atoms with Crippen LogP contribution >= 0.6 is 22.6 Å². The monoisotopic (exact) mass is 479 g/mol. The molecular formula is C20H18INO5. The second kappa shape index (κ2) is 7.22. The molecule has 1 N–H and O–H groups in total. The number of hydrogen-bond donors (Lipinski definition) is 1. The van der Waals surface area contributed by atoms with Gasteiger partial charge in [0.1, 0.15) is 11.4 Å². The molecule has 1 aromatic heterocycles. The summed E-state index contributed by atoms with van der Waals surface area (Å²) >= 11 is 2.19.